The van der Waals surface area contributed by atoms with Gasteiger partial charge < -0.3 is 11.5 Å². The molecule has 4 amide bonds. The van der Waals surface area contributed by atoms with Gasteiger partial charge in [-0.15, -0.1) is 0 Å². The summed E-state index contributed by atoms with van der Waals surface area (Å²) < 4.78 is 0. The minimum absolute atomic E-state index is 0.213. The van der Waals surface area contributed by atoms with Crippen LogP contribution in [0.2, 0.25) is 0 Å². The number of nitrogens with zero attached hydrogens (tertiary/aromatic N) is 1. The third kappa shape index (κ3) is 9.68. The molecule has 4 N–H and O–H groups in total. The maximum atomic E-state index is 11.1. The molecule has 0 radical (unpaired) electrons. The molecule has 1 aliphatic heterocycles. The van der Waals surface area contributed by atoms with E-state index in [1.54, 1.807) is 0 Å². The first kappa shape index (κ1) is 19.8. The quantitative estimate of drug-likeness (QED) is 0.499. The lowest BCUT2D eigenvalue weighted by atomic mass is 10.1. The van der Waals surface area contributed by atoms with Crippen LogP contribution in [0.15, 0.2) is 12.2 Å². The van der Waals surface area contributed by atoms with Gasteiger partial charge in [0.05, 0.1) is 0 Å². The summed E-state index contributed by atoms with van der Waals surface area (Å²) >= 11 is 0. The van der Waals surface area contributed by atoms with E-state index < -0.39 is 0 Å². The number of carbonyl (C=O) groups excluding carboxylic acids is 4. The van der Waals surface area contributed by atoms with Gasteiger partial charge in [-0.2, -0.15) is 0 Å². The normalized spacial score (nSPS) is 13.3. The Morgan fingerprint density at radius 2 is 1.55 bits per heavy atom. The van der Waals surface area contributed by atoms with Crippen LogP contribution >= 0.6 is 0 Å². The van der Waals surface area contributed by atoms with Crippen molar-refractivity contribution >= 4 is 23.6 Å². The van der Waals surface area contributed by atoms with Crippen LogP contribution in [0.5, 0.6) is 0 Å². The van der Waals surface area contributed by atoms with E-state index in [9.17, 15) is 19.2 Å². The van der Waals surface area contributed by atoms with E-state index in [4.69, 9.17) is 11.5 Å². The molecule has 0 atom stereocenters. The first-order valence-electron chi connectivity index (χ1n) is 7.34. The van der Waals surface area contributed by atoms with Crippen LogP contribution in [-0.2, 0) is 19.2 Å². The molecule has 0 saturated carbocycles. The molecule has 7 nitrogen and oxygen atoms in total. The van der Waals surface area contributed by atoms with Crippen molar-refractivity contribution in [3.05, 3.63) is 12.2 Å². The van der Waals surface area contributed by atoms with E-state index in [-0.39, 0.29) is 23.6 Å². The lowest BCUT2D eigenvalue weighted by Crippen LogP contribution is -2.30. The molecule has 0 fully saturated rings. The zero-order chi connectivity index (χ0) is 17.1. The number of unbranched alkanes of at least 4 members (excludes halogenated alkanes) is 2. The smallest absolute Gasteiger partial charge is 0.253 e. The monoisotopic (exact) mass is 311 g/mol. The van der Waals surface area contributed by atoms with Crippen LogP contribution in [0.4, 0.5) is 0 Å². The van der Waals surface area contributed by atoms with Crippen LogP contribution in [0.1, 0.15) is 46.0 Å². The molecule has 1 aliphatic rings. The van der Waals surface area contributed by atoms with Gasteiger partial charge in [-0.05, 0) is 18.8 Å². The summed E-state index contributed by atoms with van der Waals surface area (Å²) in [6, 6.07) is 0. The Bertz CT molecular complexity index is 426. The summed E-state index contributed by atoms with van der Waals surface area (Å²) in [5.74, 6) is -0.637. The van der Waals surface area contributed by atoms with Crippen LogP contribution in [0, 0.1) is 5.92 Å². The second-order valence-electron chi connectivity index (χ2n) is 5.50. The highest BCUT2D eigenvalue weighted by atomic mass is 16.2. The number of hydrogen-bond donors (Lipinski definition) is 2. The lowest BCUT2D eigenvalue weighted by molar-refractivity contribution is -0.137. The van der Waals surface area contributed by atoms with Crippen molar-refractivity contribution in [1.82, 2.24) is 4.90 Å². The van der Waals surface area contributed by atoms with Crippen molar-refractivity contribution in [3.8, 4) is 0 Å². The number of primary amides is 2. The van der Waals surface area contributed by atoms with Crippen LogP contribution in [-0.4, -0.2) is 35.1 Å². The molecular formula is C15H25N3O4. The van der Waals surface area contributed by atoms with Gasteiger partial charge in [0.15, 0.2) is 0 Å². The van der Waals surface area contributed by atoms with Crippen LogP contribution in [0.25, 0.3) is 0 Å². The van der Waals surface area contributed by atoms with Crippen molar-refractivity contribution < 1.29 is 19.2 Å². The zero-order valence-corrected chi connectivity index (χ0v) is 13.2. The fraction of sp³-hybridized carbons (Fsp3) is 0.600. The minimum atomic E-state index is -0.315. The maximum absolute atomic E-state index is 11.1. The SMILES string of the molecule is CC(C)CC(N)=O.NC(=O)CCCCCN1C(=O)C=CC1=O. The molecule has 0 bridgehead atoms. The molecule has 22 heavy (non-hydrogen) atoms. The molecule has 0 aromatic rings. The molecule has 0 saturated heterocycles. The highest BCUT2D eigenvalue weighted by Crippen LogP contribution is 2.07. The summed E-state index contributed by atoms with van der Waals surface area (Å²) in [7, 11) is 0. The Labute approximate surface area is 130 Å². The van der Waals surface area contributed by atoms with Gasteiger partial charge in [-0.3, -0.25) is 24.1 Å². The first-order valence-corrected chi connectivity index (χ1v) is 7.34. The molecule has 0 aromatic heterocycles. The van der Waals surface area contributed by atoms with Crippen molar-refractivity contribution in [2.45, 2.75) is 46.0 Å². The number of hydrogen-bond acceptors (Lipinski definition) is 4. The first-order chi connectivity index (χ1) is 10.2. The van der Waals surface area contributed by atoms with E-state index in [1.165, 1.54) is 17.1 Å². The minimum Gasteiger partial charge on any atom is -0.370 e. The second kappa shape index (κ2) is 10.5. The average Bonchev–Trinajstić information content (AvgIpc) is 2.68. The van der Waals surface area contributed by atoms with Crippen molar-refractivity contribution in [1.29, 1.82) is 0 Å². The Balaban J connectivity index is 0.000000534. The number of rotatable bonds is 8. The number of amides is 4. The van der Waals surface area contributed by atoms with Gasteiger partial charge in [0.2, 0.25) is 11.8 Å². The van der Waals surface area contributed by atoms with E-state index in [0.29, 0.717) is 38.1 Å². The highest BCUT2D eigenvalue weighted by molar-refractivity contribution is 6.12. The molecule has 0 aromatic carbocycles. The van der Waals surface area contributed by atoms with Gasteiger partial charge >= 0.3 is 0 Å². The zero-order valence-electron chi connectivity index (χ0n) is 13.2. The topological polar surface area (TPSA) is 124 Å². The second-order valence-corrected chi connectivity index (χ2v) is 5.50. The summed E-state index contributed by atoms with van der Waals surface area (Å²) in [5, 5.41) is 0. The summed E-state index contributed by atoms with van der Waals surface area (Å²) in [6.45, 7) is 4.35. The van der Waals surface area contributed by atoms with Gasteiger partial charge in [0, 0.05) is 31.5 Å². The number of nitrogens with two attached hydrogens (primary N) is 2. The molecule has 0 aliphatic carbocycles. The van der Waals surface area contributed by atoms with E-state index in [1.807, 2.05) is 13.8 Å². The summed E-state index contributed by atoms with van der Waals surface area (Å²) in [6.07, 6.45) is 5.61. The Kier molecular flexibility index (Phi) is 9.49. The standard InChI is InChI=1S/C10H14N2O3.C5H11NO/c11-8(13)4-2-1-3-7-12-9(14)5-6-10(12)15;1-4(2)3-5(6)7/h5-6H,1-4,7H2,(H2,11,13);4H,3H2,1-2H3,(H2,6,7). The molecule has 0 unspecified atom stereocenters. The Hall–Kier alpha value is -2.18. The summed E-state index contributed by atoms with van der Waals surface area (Å²) in [4.78, 5) is 43.8. The number of carbonyl (C=O) groups is 4. The van der Waals surface area contributed by atoms with Crippen molar-refractivity contribution in [3.63, 3.8) is 0 Å². The fourth-order valence-electron chi connectivity index (χ4n) is 1.80. The Morgan fingerprint density at radius 1 is 1.00 bits per heavy atom. The third-order valence-corrected chi connectivity index (χ3v) is 2.81. The molecule has 124 valence electrons. The molecular weight excluding hydrogens is 286 g/mol. The Morgan fingerprint density at radius 3 is 1.91 bits per heavy atom. The van der Waals surface area contributed by atoms with Crippen LogP contribution < -0.4 is 11.5 Å². The van der Waals surface area contributed by atoms with Gasteiger partial charge in [-0.25, -0.2) is 0 Å². The number of imide groups is 1. The fourth-order valence-corrected chi connectivity index (χ4v) is 1.80. The average molecular weight is 311 g/mol. The summed E-state index contributed by atoms with van der Waals surface area (Å²) in [5.41, 5.74) is 9.83. The predicted octanol–water partition coefficient (Wildman–Crippen LogP) is 0.475. The molecule has 7 heteroatoms. The third-order valence-electron chi connectivity index (χ3n) is 2.81. The van der Waals surface area contributed by atoms with E-state index in [2.05, 4.69) is 0 Å². The largest absolute Gasteiger partial charge is 0.370 e. The van der Waals surface area contributed by atoms with Crippen LogP contribution in [0.3, 0.4) is 0 Å². The van der Waals surface area contributed by atoms with Gasteiger partial charge in [0.1, 0.15) is 0 Å². The van der Waals surface area contributed by atoms with Crippen molar-refractivity contribution in [2.24, 2.45) is 17.4 Å². The maximum Gasteiger partial charge on any atom is 0.253 e. The van der Waals surface area contributed by atoms with E-state index >= 15 is 0 Å². The lowest BCUT2D eigenvalue weighted by Gasteiger charge is -2.12. The molecule has 0 spiro atoms. The van der Waals surface area contributed by atoms with Gasteiger partial charge in [0.25, 0.3) is 11.8 Å². The van der Waals surface area contributed by atoms with Gasteiger partial charge in [-0.1, -0.05) is 20.3 Å². The van der Waals surface area contributed by atoms with E-state index in [0.717, 1.165) is 6.42 Å². The van der Waals surface area contributed by atoms with Crippen molar-refractivity contribution in [2.75, 3.05) is 6.54 Å². The predicted molar refractivity (Wildman–Crippen MR) is 82.2 cm³/mol. The molecule has 1 rings (SSSR count). The highest BCUT2D eigenvalue weighted by Gasteiger charge is 2.21. The molecule has 1 heterocycles.